The molecule has 1 nitrogen and oxygen atoms in total. The summed E-state index contributed by atoms with van der Waals surface area (Å²) in [6.07, 6.45) is 0. The van der Waals surface area contributed by atoms with Gasteiger partial charge in [0.05, 0.1) is 0 Å². The van der Waals surface area contributed by atoms with E-state index in [0.717, 1.165) is 0 Å². The van der Waals surface area contributed by atoms with Crippen LogP contribution in [0.2, 0.25) is 26.2 Å². The van der Waals surface area contributed by atoms with E-state index in [2.05, 4.69) is 32.8 Å². The molecule has 10 heavy (non-hydrogen) atoms. The Morgan fingerprint density at radius 2 is 1.80 bits per heavy atom. The molecule has 0 saturated carbocycles. The number of rotatable bonds is 3. The molecule has 1 unspecified atom stereocenters. The molecule has 0 aromatic heterocycles. The van der Waals surface area contributed by atoms with Gasteiger partial charge in [-0.1, -0.05) is 5.70 Å². The zero-order chi connectivity index (χ0) is 7.49. The summed E-state index contributed by atoms with van der Waals surface area (Å²) in [5, 5.41) is 0. The summed E-state index contributed by atoms with van der Waals surface area (Å²) in [4.78, 5) is 0. The zero-order valence-electron chi connectivity index (χ0n) is 7.12. The van der Waals surface area contributed by atoms with Crippen molar-refractivity contribution in [2.24, 2.45) is 0 Å². The molecule has 4 heteroatoms. The molecule has 0 aromatic carbocycles. The van der Waals surface area contributed by atoms with Crippen molar-refractivity contribution in [2.45, 2.75) is 26.2 Å². The van der Waals surface area contributed by atoms with Gasteiger partial charge in [0.2, 0.25) is 0 Å². The third kappa shape index (κ3) is 9.39. The second kappa shape index (κ2) is 5.97. The molecular formula is C6H16ArOSi2. The molecule has 1 atom stereocenters. The first-order chi connectivity index (χ1) is 3.95. The van der Waals surface area contributed by atoms with Gasteiger partial charge in [0, 0.05) is 37.7 Å². The summed E-state index contributed by atoms with van der Waals surface area (Å²) in [6.45, 7) is 12.5. The van der Waals surface area contributed by atoms with Crippen molar-refractivity contribution in [3.05, 3.63) is 12.3 Å². The monoisotopic (exact) mass is 200 g/mol. The summed E-state index contributed by atoms with van der Waals surface area (Å²) >= 11 is 0. The van der Waals surface area contributed by atoms with Crippen LogP contribution in [-0.4, -0.2) is 17.4 Å². The average Bonchev–Trinajstić information content (AvgIpc) is 1.62. The van der Waals surface area contributed by atoms with Crippen molar-refractivity contribution in [3.63, 3.8) is 0 Å². The summed E-state index contributed by atoms with van der Waals surface area (Å²) in [6, 6.07) is 0. The second-order valence-electron chi connectivity index (χ2n) is 3.17. The van der Waals surface area contributed by atoms with Crippen LogP contribution < -0.4 is 0 Å². The van der Waals surface area contributed by atoms with E-state index in [1.54, 1.807) is 0 Å². The SMILES string of the molecule is C=C[SiH](C)O[Si](C)(C)C.[Ar]. The van der Waals surface area contributed by atoms with E-state index in [1.165, 1.54) is 0 Å². The minimum atomic E-state index is -1.25. The van der Waals surface area contributed by atoms with Gasteiger partial charge >= 0.3 is 0 Å². The summed E-state index contributed by atoms with van der Waals surface area (Å²) < 4.78 is 5.75. The van der Waals surface area contributed by atoms with E-state index in [4.69, 9.17) is 4.12 Å². The summed E-state index contributed by atoms with van der Waals surface area (Å²) in [7, 11) is -2.23. The van der Waals surface area contributed by atoms with Gasteiger partial charge in [0.1, 0.15) is 0 Å². The molecule has 62 valence electrons. The van der Waals surface area contributed by atoms with Crippen LogP contribution >= 0.6 is 0 Å². The Kier molecular flexibility index (Phi) is 8.33. The van der Waals surface area contributed by atoms with Crippen LogP contribution in [0.1, 0.15) is 0 Å². The van der Waals surface area contributed by atoms with E-state index < -0.39 is 17.4 Å². The first-order valence-electron chi connectivity index (χ1n) is 3.26. The van der Waals surface area contributed by atoms with Crippen LogP contribution in [0, 0.1) is 37.7 Å². The fourth-order valence-electron chi connectivity index (χ4n) is 0.606. The van der Waals surface area contributed by atoms with Gasteiger partial charge in [-0.05, 0) is 26.2 Å². The largest absolute Gasteiger partial charge is 0.455 e. The van der Waals surface area contributed by atoms with Crippen molar-refractivity contribution in [2.75, 3.05) is 0 Å². The van der Waals surface area contributed by atoms with Crippen LogP contribution in [0.15, 0.2) is 12.3 Å². The summed E-state index contributed by atoms with van der Waals surface area (Å²) in [5.74, 6) is 0. The summed E-state index contributed by atoms with van der Waals surface area (Å²) in [5.41, 5.74) is 1.97. The minimum Gasteiger partial charge on any atom is -0.455 e. The van der Waals surface area contributed by atoms with E-state index in [9.17, 15) is 0 Å². The van der Waals surface area contributed by atoms with Gasteiger partial charge in [-0.2, -0.15) is 0 Å². The standard InChI is InChI=1S/C6H16OSi2.Ar/c1-6-8(2)7-9(3,4)5;/h6,8H,1H2,2-5H3;. The van der Waals surface area contributed by atoms with Crippen molar-refractivity contribution < 1.29 is 41.9 Å². The maximum Gasteiger partial charge on any atom is 0.184 e. The topological polar surface area (TPSA) is 9.23 Å². The normalized spacial score (nSPS) is 13.6. The van der Waals surface area contributed by atoms with E-state index in [-0.39, 0.29) is 37.7 Å². The number of hydrogen-bond acceptors (Lipinski definition) is 1. The molecule has 0 aliphatic rings. The third-order valence-corrected chi connectivity index (χ3v) is 5.85. The Balaban J connectivity index is 0. The van der Waals surface area contributed by atoms with Crippen LogP contribution in [0.3, 0.4) is 0 Å². The zero-order valence-corrected chi connectivity index (χ0v) is 9.99. The molecule has 0 aliphatic heterocycles. The quantitative estimate of drug-likeness (QED) is 0.632. The fraction of sp³-hybridized carbons (Fsp3) is 0.667. The van der Waals surface area contributed by atoms with Gasteiger partial charge in [0.25, 0.3) is 0 Å². The Morgan fingerprint density at radius 3 is 1.90 bits per heavy atom. The van der Waals surface area contributed by atoms with Gasteiger partial charge in [-0.15, -0.1) is 6.58 Å². The van der Waals surface area contributed by atoms with E-state index in [0.29, 0.717) is 0 Å². The maximum atomic E-state index is 5.75. The molecule has 0 fully saturated rings. The predicted molar refractivity (Wildman–Crippen MR) is 47.6 cm³/mol. The molecule has 0 bridgehead atoms. The molecule has 0 N–H and O–H groups in total. The number of hydrogen-bond donors (Lipinski definition) is 0. The van der Waals surface area contributed by atoms with Crippen LogP contribution in [0.4, 0.5) is 0 Å². The first kappa shape index (κ1) is 13.9. The molecule has 0 saturated heterocycles. The molecule has 0 aromatic rings. The first-order valence-corrected chi connectivity index (χ1v) is 8.96. The predicted octanol–water partition coefficient (Wildman–Crippen LogP) is 1.92. The van der Waals surface area contributed by atoms with Crippen molar-refractivity contribution in [1.29, 1.82) is 0 Å². The van der Waals surface area contributed by atoms with Gasteiger partial charge in [-0.25, -0.2) is 0 Å². The smallest absolute Gasteiger partial charge is 0.184 e. The molecule has 0 aliphatic carbocycles. The Morgan fingerprint density at radius 1 is 1.40 bits per heavy atom. The van der Waals surface area contributed by atoms with Gasteiger partial charge in [0.15, 0.2) is 17.4 Å². The average molecular weight is 200 g/mol. The molecular weight excluding hydrogens is 184 g/mol. The molecule has 0 amide bonds. The van der Waals surface area contributed by atoms with Crippen LogP contribution in [0.25, 0.3) is 0 Å². The Hall–Kier alpha value is 1.39. The van der Waals surface area contributed by atoms with Crippen LogP contribution in [-0.2, 0) is 4.12 Å². The Labute approximate surface area is 96.7 Å². The van der Waals surface area contributed by atoms with Crippen molar-refractivity contribution >= 4 is 17.4 Å². The van der Waals surface area contributed by atoms with E-state index in [1.807, 2.05) is 5.70 Å². The van der Waals surface area contributed by atoms with E-state index >= 15 is 0 Å². The van der Waals surface area contributed by atoms with Crippen LogP contribution in [0.5, 0.6) is 0 Å². The molecule has 0 radical (unpaired) electrons. The minimum absolute atomic E-state index is 0. The maximum absolute atomic E-state index is 5.75. The second-order valence-corrected chi connectivity index (χ2v) is 10.2. The fourth-order valence-corrected chi connectivity index (χ4v) is 5.45. The van der Waals surface area contributed by atoms with Gasteiger partial charge < -0.3 is 4.12 Å². The Bertz CT molecular complexity index is 100. The molecule has 0 spiro atoms. The van der Waals surface area contributed by atoms with Crippen molar-refractivity contribution in [3.8, 4) is 0 Å². The van der Waals surface area contributed by atoms with Gasteiger partial charge in [-0.3, -0.25) is 0 Å². The third-order valence-electron chi connectivity index (χ3n) is 0.871. The van der Waals surface area contributed by atoms with Crippen molar-refractivity contribution in [1.82, 2.24) is 0 Å². The molecule has 0 heterocycles. The molecule has 0 rings (SSSR count).